The Morgan fingerprint density at radius 2 is 1.89 bits per heavy atom. The molecule has 1 aromatic carbocycles. The number of benzene rings is 1. The quantitative estimate of drug-likeness (QED) is 0.718. The second-order valence-electron chi connectivity index (χ2n) is 6.57. The average Bonchev–Trinajstić information content (AvgIpc) is 2.95. The molecule has 1 amide bonds. The summed E-state index contributed by atoms with van der Waals surface area (Å²) in [5, 5.41) is 22.8. The fourth-order valence-electron chi connectivity index (χ4n) is 3.24. The maximum absolute atomic E-state index is 12.7. The average molecular weight is 396 g/mol. The van der Waals surface area contributed by atoms with Gasteiger partial charge in [-0.1, -0.05) is 24.3 Å². The van der Waals surface area contributed by atoms with E-state index >= 15 is 0 Å². The number of aliphatic hydroxyl groups is 2. The lowest BCUT2D eigenvalue weighted by molar-refractivity contribution is -0.141. The monoisotopic (exact) mass is 396 g/mol. The summed E-state index contributed by atoms with van der Waals surface area (Å²) in [5.74, 6) is -0.611. The van der Waals surface area contributed by atoms with Crippen LogP contribution in [0.15, 0.2) is 48.7 Å². The zero-order valence-electron chi connectivity index (χ0n) is 14.6. The molecule has 3 rings (SSSR count). The molecule has 150 valence electrons. The highest BCUT2D eigenvalue weighted by atomic mass is 19.4. The highest BCUT2D eigenvalue weighted by molar-refractivity contribution is 5.78. The van der Waals surface area contributed by atoms with Gasteiger partial charge in [-0.2, -0.15) is 13.2 Å². The number of alkyl halides is 3. The Labute approximate surface area is 159 Å². The SMILES string of the molecule is O=C(COc1ccccc1)N[C@H]1[C@H](O)[C@H](O)C[C@@H]1c1ccc(C(F)(F)F)nc1. The molecule has 4 atom stereocenters. The minimum atomic E-state index is -4.56. The lowest BCUT2D eigenvalue weighted by atomic mass is 9.94. The van der Waals surface area contributed by atoms with E-state index in [9.17, 15) is 28.2 Å². The number of rotatable bonds is 5. The lowest BCUT2D eigenvalue weighted by Gasteiger charge is -2.24. The molecule has 1 fully saturated rings. The molecule has 28 heavy (non-hydrogen) atoms. The van der Waals surface area contributed by atoms with Gasteiger partial charge < -0.3 is 20.3 Å². The molecule has 2 aromatic rings. The van der Waals surface area contributed by atoms with Crippen molar-refractivity contribution in [3.63, 3.8) is 0 Å². The predicted octanol–water partition coefficient (Wildman–Crippen LogP) is 1.87. The second-order valence-corrected chi connectivity index (χ2v) is 6.57. The van der Waals surface area contributed by atoms with E-state index in [4.69, 9.17) is 4.74 Å². The molecule has 1 aromatic heterocycles. The van der Waals surface area contributed by atoms with Crippen LogP contribution in [0.4, 0.5) is 13.2 Å². The number of aromatic nitrogens is 1. The summed E-state index contributed by atoms with van der Waals surface area (Å²) >= 11 is 0. The van der Waals surface area contributed by atoms with E-state index in [1.165, 1.54) is 6.07 Å². The van der Waals surface area contributed by atoms with E-state index in [0.29, 0.717) is 11.3 Å². The van der Waals surface area contributed by atoms with E-state index in [-0.39, 0.29) is 13.0 Å². The Morgan fingerprint density at radius 3 is 2.50 bits per heavy atom. The van der Waals surface area contributed by atoms with Crippen molar-refractivity contribution < 1.29 is 32.9 Å². The lowest BCUT2D eigenvalue weighted by Crippen LogP contribution is -2.46. The van der Waals surface area contributed by atoms with Crippen LogP contribution in [0.5, 0.6) is 5.75 Å². The van der Waals surface area contributed by atoms with Crippen LogP contribution < -0.4 is 10.1 Å². The van der Waals surface area contributed by atoms with Crippen molar-refractivity contribution in [2.75, 3.05) is 6.61 Å². The van der Waals surface area contributed by atoms with E-state index in [1.54, 1.807) is 30.3 Å². The number of halogens is 3. The Kier molecular flexibility index (Phi) is 5.85. The highest BCUT2D eigenvalue weighted by Crippen LogP contribution is 2.36. The number of hydrogen-bond donors (Lipinski definition) is 3. The standard InChI is InChI=1S/C19H19F3N2O4/c20-19(21,22)15-7-6-11(9-23-15)13-8-14(25)18(27)17(13)24-16(26)10-28-12-4-2-1-3-5-12/h1-7,9,13-14,17-18,25,27H,8,10H2,(H,24,26)/t13-,14-,17-,18-/m1/s1. The maximum atomic E-state index is 12.7. The van der Waals surface area contributed by atoms with Gasteiger partial charge >= 0.3 is 6.18 Å². The summed E-state index contributed by atoms with van der Waals surface area (Å²) in [6.07, 6.45) is -5.80. The van der Waals surface area contributed by atoms with Crippen molar-refractivity contribution in [3.05, 3.63) is 59.9 Å². The van der Waals surface area contributed by atoms with Crippen molar-refractivity contribution in [2.45, 2.75) is 36.8 Å². The van der Waals surface area contributed by atoms with Crippen LogP contribution in [0.25, 0.3) is 0 Å². The molecule has 0 aliphatic heterocycles. The molecular weight excluding hydrogens is 377 g/mol. The van der Waals surface area contributed by atoms with Crippen LogP contribution in [0, 0.1) is 0 Å². The van der Waals surface area contributed by atoms with Crippen LogP contribution in [-0.4, -0.2) is 46.0 Å². The van der Waals surface area contributed by atoms with Crippen molar-refractivity contribution in [3.8, 4) is 5.75 Å². The predicted molar refractivity (Wildman–Crippen MR) is 92.5 cm³/mol. The fraction of sp³-hybridized carbons (Fsp3) is 0.368. The minimum Gasteiger partial charge on any atom is -0.484 e. The van der Waals surface area contributed by atoms with Gasteiger partial charge in [0.1, 0.15) is 17.5 Å². The maximum Gasteiger partial charge on any atom is 0.433 e. The molecule has 1 aliphatic rings. The molecule has 6 nitrogen and oxygen atoms in total. The smallest absolute Gasteiger partial charge is 0.433 e. The minimum absolute atomic E-state index is 0.0820. The largest absolute Gasteiger partial charge is 0.484 e. The first-order valence-corrected chi connectivity index (χ1v) is 8.62. The number of aliphatic hydroxyl groups excluding tert-OH is 2. The van der Waals surface area contributed by atoms with Gasteiger partial charge in [0.2, 0.25) is 0 Å². The molecule has 0 bridgehead atoms. The van der Waals surface area contributed by atoms with Crippen LogP contribution >= 0.6 is 0 Å². The normalized spacial score (nSPS) is 24.8. The molecule has 0 unspecified atom stereocenters. The molecule has 1 heterocycles. The van der Waals surface area contributed by atoms with Crippen molar-refractivity contribution >= 4 is 5.91 Å². The van der Waals surface area contributed by atoms with Gasteiger partial charge in [-0.3, -0.25) is 9.78 Å². The van der Waals surface area contributed by atoms with Crippen LogP contribution in [0.2, 0.25) is 0 Å². The number of carbonyl (C=O) groups is 1. The summed E-state index contributed by atoms with van der Waals surface area (Å²) in [7, 11) is 0. The fourth-order valence-corrected chi connectivity index (χ4v) is 3.24. The summed E-state index contributed by atoms with van der Waals surface area (Å²) in [4.78, 5) is 15.6. The summed E-state index contributed by atoms with van der Waals surface area (Å²) in [6, 6.07) is 9.85. The van der Waals surface area contributed by atoms with Gasteiger partial charge in [0.25, 0.3) is 5.91 Å². The van der Waals surface area contributed by atoms with Crippen LogP contribution in [0.1, 0.15) is 23.6 Å². The summed E-state index contributed by atoms with van der Waals surface area (Å²) < 4.78 is 43.4. The number of hydrogen-bond acceptors (Lipinski definition) is 5. The van der Waals surface area contributed by atoms with Gasteiger partial charge in [0.15, 0.2) is 6.61 Å². The molecule has 1 aliphatic carbocycles. The highest BCUT2D eigenvalue weighted by Gasteiger charge is 2.43. The van der Waals surface area contributed by atoms with Crippen molar-refractivity contribution in [1.82, 2.24) is 10.3 Å². The number of nitrogens with zero attached hydrogens (tertiary/aromatic N) is 1. The number of amides is 1. The number of pyridine rings is 1. The Hall–Kier alpha value is -2.65. The van der Waals surface area contributed by atoms with Gasteiger partial charge in [-0.25, -0.2) is 0 Å². The van der Waals surface area contributed by atoms with Gasteiger partial charge in [-0.05, 0) is 30.2 Å². The van der Waals surface area contributed by atoms with E-state index in [0.717, 1.165) is 12.3 Å². The third-order valence-corrected chi connectivity index (χ3v) is 4.64. The Balaban J connectivity index is 1.68. The van der Waals surface area contributed by atoms with Crippen LogP contribution in [0.3, 0.4) is 0 Å². The van der Waals surface area contributed by atoms with Crippen molar-refractivity contribution in [2.24, 2.45) is 0 Å². The molecule has 3 N–H and O–H groups in total. The molecule has 0 radical (unpaired) electrons. The van der Waals surface area contributed by atoms with Gasteiger partial charge in [0, 0.05) is 12.1 Å². The number of ether oxygens (including phenoxy) is 1. The number of para-hydroxylation sites is 1. The van der Waals surface area contributed by atoms with E-state index < -0.39 is 41.9 Å². The third-order valence-electron chi connectivity index (χ3n) is 4.64. The summed E-state index contributed by atoms with van der Waals surface area (Å²) in [5.41, 5.74) is -0.648. The molecule has 0 saturated heterocycles. The first-order chi connectivity index (χ1) is 13.3. The van der Waals surface area contributed by atoms with Crippen molar-refractivity contribution in [1.29, 1.82) is 0 Å². The van der Waals surface area contributed by atoms with E-state index in [1.807, 2.05) is 0 Å². The zero-order chi connectivity index (χ0) is 20.3. The van der Waals surface area contributed by atoms with Gasteiger partial charge in [-0.15, -0.1) is 0 Å². The van der Waals surface area contributed by atoms with Gasteiger partial charge in [0.05, 0.1) is 12.1 Å². The second kappa shape index (κ2) is 8.15. The third kappa shape index (κ3) is 4.60. The first kappa shape index (κ1) is 20.1. The first-order valence-electron chi connectivity index (χ1n) is 8.62. The Bertz CT molecular complexity index is 799. The molecule has 1 saturated carbocycles. The van der Waals surface area contributed by atoms with E-state index in [2.05, 4.69) is 10.3 Å². The molecular formula is C19H19F3N2O4. The number of carbonyl (C=O) groups excluding carboxylic acids is 1. The summed E-state index contributed by atoms with van der Waals surface area (Å²) in [6.45, 7) is -0.304. The topological polar surface area (TPSA) is 91.7 Å². The number of nitrogens with one attached hydrogen (secondary N) is 1. The zero-order valence-corrected chi connectivity index (χ0v) is 14.6. The Morgan fingerprint density at radius 1 is 1.18 bits per heavy atom. The van der Waals surface area contributed by atoms with Crippen LogP contribution in [-0.2, 0) is 11.0 Å². The molecule has 9 heteroatoms. The molecule has 0 spiro atoms.